The fourth-order valence-electron chi connectivity index (χ4n) is 2.08. The average Bonchev–Trinajstić information content (AvgIpc) is 2.88. The Morgan fingerprint density at radius 1 is 1.22 bits per heavy atom. The number of anilines is 1. The number of hydrogen-bond donors (Lipinski definition) is 1. The number of nitrogens with one attached hydrogen (secondary N) is 1. The van der Waals surface area contributed by atoms with Crippen molar-refractivity contribution in [3.05, 3.63) is 51.5 Å². The number of thiazole rings is 1. The molecule has 1 N–H and O–H groups in total. The Morgan fingerprint density at radius 2 is 2.00 bits per heavy atom. The zero-order chi connectivity index (χ0) is 16.6. The summed E-state index contributed by atoms with van der Waals surface area (Å²) in [6.07, 6.45) is 0. The monoisotopic (exact) mass is 366 g/mol. The van der Waals surface area contributed by atoms with E-state index in [4.69, 9.17) is 27.9 Å². The van der Waals surface area contributed by atoms with Crippen molar-refractivity contribution in [1.82, 2.24) is 4.98 Å². The largest absolute Gasteiger partial charge is 0.495 e. The number of hydrogen-bond acceptors (Lipinski definition) is 4. The molecule has 1 heterocycles. The molecular weight excluding hydrogens is 355 g/mol. The molecule has 0 unspecified atom stereocenters. The van der Waals surface area contributed by atoms with Crippen LogP contribution in [-0.4, -0.2) is 18.0 Å². The van der Waals surface area contributed by atoms with Gasteiger partial charge < -0.3 is 4.74 Å². The number of methoxy groups -OCH3 is 1. The number of carbonyl (C=O) groups excluding carboxylic acids is 1. The third kappa shape index (κ3) is 3.27. The Hall–Kier alpha value is -1.82. The molecule has 0 bridgehead atoms. The van der Waals surface area contributed by atoms with Crippen LogP contribution in [0.3, 0.4) is 0 Å². The Morgan fingerprint density at radius 3 is 2.70 bits per heavy atom. The first-order valence-corrected chi connectivity index (χ1v) is 8.27. The van der Waals surface area contributed by atoms with Gasteiger partial charge in [-0.25, -0.2) is 4.98 Å². The number of nitrogens with zero attached hydrogens (tertiary/aromatic N) is 1. The van der Waals surface area contributed by atoms with Gasteiger partial charge in [0, 0.05) is 10.6 Å². The minimum absolute atomic E-state index is 0.281. The fourth-order valence-corrected chi connectivity index (χ4v) is 3.44. The third-order valence-electron chi connectivity index (χ3n) is 3.30. The Labute approximate surface area is 147 Å². The van der Waals surface area contributed by atoms with Crippen LogP contribution in [-0.2, 0) is 0 Å². The summed E-state index contributed by atoms with van der Waals surface area (Å²) in [5, 5.41) is 4.33. The van der Waals surface area contributed by atoms with Gasteiger partial charge in [-0.05, 0) is 42.8 Å². The first-order chi connectivity index (χ1) is 11.0. The molecule has 3 rings (SSSR count). The molecule has 3 aromatic rings. The number of halogens is 2. The summed E-state index contributed by atoms with van der Waals surface area (Å²) < 4.78 is 6.04. The predicted octanol–water partition coefficient (Wildman–Crippen LogP) is 5.17. The lowest BCUT2D eigenvalue weighted by atomic mass is 10.2. The first-order valence-electron chi connectivity index (χ1n) is 6.69. The van der Waals surface area contributed by atoms with E-state index in [0.717, 1.165) is 15.8 Å². The van der Waals surface area contributed by atoms with Crippen molar-refractivity contribution in [2.75, 3.05) is 12.4 Å². The van der Waals surface area contributed by atoms with Crippen LogP contribution < -0.4 is 10.1 Å². The molecule has 1 aromatic heterocycles. The van der Waals surface area contributed by atoms with Gasteiger partial charge in [-0.2, -0.15) is 0 Å². The Kier molecular flexibility index (Phi) is 4.43. The molecule has 4 nitrogen and oxygen atoms in total. The number of aryl methyl sites for hydroxylation is 1. The van der Waals surface area contributed by atoms with Gasteiger partial charge in [0.05, 0.1) is 22.3 Å². The number of amides is 1. The summed E-state index contributed by atoms with van der Waals surface area (Å²) in [4.78, 5) is 16.7. The molecule has 0 fully saturated rings. The number of aromatic nitrogens is 1. The smallest absolute Gasteiger partial charge is 0.257 e. The van der Waals surface area contributed by atoms with Crippen molar-refractivity contribution < 1.29 is 9.53 Å². The summed E-state index contributed by atoms with van der Waals surface area (Å²) in [6, 6.07) is 8.61. The quantitative estimate of drug-likeness (QED) is 0.695. The highest BCUT2D eigenvalue weighted by Crippen LogP contribution is 2.31. The summed E-state index contributed by atoms with van der Waals surface area (Å²) in [7, 11) is 1.52. The van der Waals surface area contributed by atoms with Crippen molar-refractivity contribution >= 4 is 55.8 Å². The highest BCUT2D eigenvalue weighted by molar-refractivity contribution is 7.22. The summed E-state index contributed by atoms with van der Waals surface area (Å²) >= 11 is 13.5. The molecule has 0 aliphatic carbocycles. The summed E-state index contributed by atoms with van der Waals surface area (Å²) in [5.41, 5.74) is 2.17. The van der Waals surface area contributed by atoms with Crippen LogP contribution in [0, 0.1) is 6.92 Å². The van der Waals surface area contributed by atoms with Crippen molar-refractivity contribution in [2.24, 2.45) is 0 Å². The Bertz CT molecular complexity index is 869. The van der Waals surface area contributed by atoms with Gasteiger partial charge in [-0.1, -0.05) is 34.5 Å². The molecule has 0 spiro atoms. The molecule has 0 aliphatic rings. The van der Waals surface area contributed by atoms with E-state index in [1.165, 1.54) is 18.4 Å². The predicted molar refractivity (Wildman–Crippen MR) is 95.3 cm³/mol. The maximum absolute atomic E-state index is 12.3. The lowest BCUT2D eigenvalue weighted by molar-refractivity contribution is 0.102. The van der Waals surface area contributed by atoms with Gasteiger partial charge in [0.1, 0.15) is 5.75 Å². The number of rotatable bonds is 3. The molecule has 0 aliphatic heterocycles. The van der Waals surface area contributed by atoms with Crippen LogP contribution in [0.4, 0.5) is 5.13 Å². The van der Waals surface area contributed by atoms with E-state index in [0.29, 0.717) is 26.5 Å². The highest BCUT2D eigenvalue weighted by atomic mass is 35.5. The normalized spacial score (nSPS) is 10.8. The average molecular weight is 367 g/mol. The molecule has 1 amide bonds. The van der Waals surface area contributed by atoms with E-state index < -0.39 is 0 Å². The van der Waals surface area contributed by atoms with Crippen LogP contribution in [0.25, 0.3) is 10.2 Å². The first kappa shape index (κ1) is 16.1. The van der Waals surface area contributed by atoms with Crippen molar-refractivity contribution in [3.8, 4) is 5.75 Å². The maximum atomic E-state index is 12.3. The molecule has 23 heavy (non-hydrogen) atoms. The van der Waals surface area contributed by atoms with Gasteiger partial charge in [0.25, 0.3) is 5.91 Å². The van der Waals surface area contributed by atoms with Crippen LogP contribution in [0.1, 0.15) is 15.9 Å². The van der Waals surface area contributed by atoms with E-state index in [2.05, 4.69) is 10.3 Å². The lowest BCUT2D eigenvalue weighted by Crippen LogP contribution is -2.11. The maximum Gasteiger partial charge on any atom is 0.257 e. The van der Waals surface area contributed by atoms with E-state index in [1.807, 2.05) is 13.0 Å². The van der Waals surface area contributed by atoms with Gasteiger partial charge in [-0.15, -0.1) is 0 Å². The van der Waals surface area contributed by atoms with Crippen molar-refractivity contribution in [3.63, 3.8) is 0 Å². The fraction of sp³-hybridized carbons (Fsp3) is 0.125. The second-order valence-corrected chi connectivity index (χ2v) is 6.74. The topological polar surface area (TPSA) is 51.2 Å². The van der Waals surface area contributed by atoms with E-state index in [-0.39, 0.29) is 5.91 Å². The van der Waals surface area contributed by atoms with E-state index in [1.54, 1.807) is 24.3 Å². The van der Waals surface area contributed by atoms with Crippen LogP contribution in [0.2, 0.25) is 10.0 Å². The van der Waals surface area contributed by atoms with Gasteiger partial charge >= 0.3 is 0 Å². The lowest BCUT2D eigenvalue weighted by Gasteiger charge is -2.05. The minimum Gasteiger partial charge on any atom is -0.495 e. The number of benzene rings is 2. The molecule has 0 radical (unpaired) electrons. The van der Waals surface area contributed by atoms with Crippen LogP contribution in [0.5, 0.6) is 5.75 Å². The summed E-state index contributed by atoms with van der Waals surface area (Å²) in [6.45, 7) is 1.93. The molecule has 118 valence electrons. The van der Waals surface area contributed by atoms with Gasteiger partial charge in [0.15, 0.2) is 5.13 Å². The number of ether oxygens (including phenoxy) is 1. The Balaban J connectivity index is 1.86. The molecular formula is C16H12Cl2N2O2S. The molecule has 2 aromatic carbocycles. The van der Waals surface area contributed by atoms with E-state index >= 15 is 0 Å². The molecule has 0 saturated carbocycles. The van der Waals surface area contributed by atoms with Gasteiger partial charge in [0.2, 0.25) is 0 Å². The molecule has 0 saturated heterocycles. The second-order valence-electron chi connectivity index (χ2n) is 4.89. The number of carbonyl (C=O) groups is 1. The zero-order valence-electron chi connectivity index (χ0n) is 12.3. The minimum atomic E-state index is -0.281. The molecule has 7 heteroatoms. The second kappa shape index (κ2) is 6.35. The van der Waals surface area contributed by atoms with Gasteiger partial charge in [-0.3, -0.25) is 10.1 Å². The highest BCUT2D eigenvalue weighted by Gasteiger charge is 2.13. The third-order valence-corrected chi connectivity index (χ3v) is 4.94. The molecule has 0 atom stereocenters. The van der Waals surface area contributed by atoms with Crippen LogP contribution in [0.15, 0.2) is 30.3 Å². The summed E-state index contributed by atoms with van der Waals surface area (Å²) in [5.74, 6) is 0.241. The van der Waals surface area contributed by atoms with Crippen molar-refractivity contribution in [2.45, 2.75) is 6.92 Å². The van der Waals surface area contributed by atoms with Crippen molar-refractivity contribution in [1.29, 1.82) is 0 Å². The standard InChI is InChI=1S/C16H12Cl2N2O2S/c1-8-5-14-12(7-10(8)17)19-16(23-14)20-15(21)9-3-4-13(22-2)11(18)6-9/h3-7H,1-2H3,(H,19,20,21). The number of fused-ring (bicyclic) bond motifs is 1. The SMILES string of the molecule is COc1ccc(C(=O)Nc2nc3cc(Cl)c(C)cc3s2)cc1Cl. The van der Waals surface area contributed by atoms with E-state index in [9.17, 15) is 4.79 Å². The van der Waals surface area contributed by atoms with Crippen LogP contribution >= 0.6 is 34.5 Å². The zero-order valence-corrected chi connectivity index (χ0v) is 14.6.